The average molecular weight is 323 g/mol. The van der Waals surface area contributed by atoms with Gasteiger partial charge in [0.25, 0.3) is 5.91 Å². The van der Waals surface area contributed by atoms with E-state index in [0.717, 1.165) is 34.6 Å². The SMILES string of the molecule is O=C(c1ccc(Br)s1)N1CCC(CCCl)C1. The van der Waals surface area contributed by atoms with Crippen LogP contribution in [0.5, 0.6) is 0 Å². The Morgan fingerprint density at radius 1 is 1.62 bits per heavy atom. The molecule has 16 heavy (non-hydrogen) atoms. The van der Waals surface area contributed by atoms with Crippen molar-refractivity contribution in [2.45, 2.75) is 12.8 Å². The van der Waals surface area contributed by atoms with Crippen LogP contribution in [0.15, 0.2) is 15.9 Å². The highest BCUT2D eigenvalue weighted by Gasteiger charge is 2.27. The van der Waals surface area contributed by atoms with Crippen LogP contribution < -0.4 is 0 Å². The molecule has 0 bridgehead atoms. The molecular weight excluding hydrogens is 310 g/mol. The van der Waals surface area contributed by atoms with Crippen molar-refractivity contribution in [3.8, 4) is 0 Å². The Hall–Kier alpha value is -0.0600. The van der Waals surface area contributed by atoms with Gasteiger partial charge in [-0.25, -0.2) is 0 Å². The number of carbonyl (C=O) groups excluding carboxylic acids is 1. The number of amides is 1. The molecule has 1 aromatic rings. The maximum atomic E-state index is 12.1. The van der Waals surface area contributed by atoms with Gasteiger partial charge < -0.3 is 4.90 Å². The van der Waals surface area contributed by atoms with Crippen LogP contribution in [0.25, 0.3) is 0 Å². The number of halogens is 2. The zero-order valence-corrected chi connectivity index (χ0v) is 11.9. The van der Waals surface area contributed by atoms with Crippen molar-refractivity contribution < 1.29 is 4.79 Å². The third-order valence-corrected chi connectivity index (χ3v) is 4.70. The second-order valence-electron chi connectivity index (χ2n) is 3.99. The second kappa shape index (κ2) is 5.52. The molecule has 0 radical (unpaired) electrons. The molecule has 0 spiro atoms. The van der Waals surface area contributed by atoms with Crippen molar-refractivity contribution in [3.63, 3.8) is 0 Å². The van der Waals surface area contributed by atoms with Gasteiger partial charge in [0.05, 0.1) is 8.66 Å². The van der Waals surface area contributed by atoms with E-state index in [1.54, 1.807) is 0 Å². The minimum Gasteiger partial charge on any atom is -0.338 e. The second-order valence-corrected chi connectivity index (χ2v) is 6.83. The standard InChI is InChI=1S/C11H13BrClNOS/c12-10-2-1-9(16-10)11(15)14-6-4-8(7-14)3-5-13/h1-2,8H,3-7H2. The monoisotopic (exact) mass is 321 g/mol. The number of alkyl halides is 1. The number of thiophene rings is 1. The molecule has 1 aliphatic heterocycles. The number of nitrogens with zero attached hydrogens (tertiary/aromatic N) is 1. The molecule has 2 heterocycles. The molecule has 1 aromatic heterocycles. The van der Waals surface area contributed by atoms with Crippen LogP contribution >= 0.6 is 38.9 Å². The highest BCUT2D eigenvalue weighted by Crippen LogP contribution is 2.26. The largest absolute Gasteiger partial charge is 0.338 e. The number of hydrogen-bond acceptors (Lipinski definition) is 2. The molecular formula is C11H13BrClNOS. The fraction of sp³-hybridized carbons (Fsp3) is 0.545. The third-order valence-electron chi connectivity index (χ3n) is 2.87. The van der Waals surface area contributed by atoms with Gasteiger partial charge in [0, 0.05) is 19.0 Å². The summed E-state index contributed by atoms with van der Waals surface area (Å²) in [5.41, 5.74) is 0. The molecule has 2 rings (SSSR count). The predicted octanol–water partition coefficient (Wildman–Crippen LogP) is 3.60. The molecule has 2 nitrogen and oxygen atoms in total. The molecule has 1 aliphatic rings. The topological polar surface area (TPSA) is 20.3 Å². The Morgan fingerprint density at radius 2 is 2.44 bits per heavy atom. The van der Waals surface area contributed by atoms with E-state index in [1.165, 1.54) is 11.3 Å². The van der Waals surface area contributed by atoms with Crippen molar-refractivity contribution in [1.82, 2.24) is 4.90 Å². The Morgan fingerprint density at radius 3 is 3.06 bits per heavy atom. The molecule has 5 heteroatoms. The molecule has 1 fully saturated rings. The van der Waals surface area contributed by atoms with Gasteiger partial charge in [0.1, 0.15) is 0 Å². The van der Waals surface area contributed by atoms with Crippen LogP contribution in [0.4, 0.5) is 0 Å². The Labute approximate surface area is 113 Å². The summed E-state index contributed by atoms with van der Waals surface area (Å²) in [5.74, 6) is 1.44. The van der Waals surface area contributed by atoms with Gasteiger partial charge in [-0.15, -0.1) is 22.9 Å². The van der Waals surface area contributed by atoms with E-state index in [9.17, 15) is 4.79 Å². The molecule has 88 valence electrons. The summed E-state index contributed by atoms with van der Waals surface area (Å²) < 4.78 is 1.01. The first-order valence-electron chi connectivity index (χ1n) is 5.31. The summed E-state index contributed by atoms with van der Waals surface area (Å²) in [6, 6.07) is 3.80. The fourth-order valence-corrected chi connectivity index (χ4v) is 3.65. The van der Waals surface area contributed by atoms with Crippen LogP contribution in [0, 0.1) is 5.92 Å². The third kappa shape index (κ3) is 2.79. The van der Waals surface area contributed by atoms with Gasteiger partial charge in [-0.3, -0.25) is 4.79 Å². The molecule has 1 amide bonds. The molecule has 1 unspecified atom stereocenters. The van der Waals surface area contributed by atoms with Crippen molar-refractivity contribution in [3.05, 3.63) is 20.8 Å². The lowest BCUT2D eigenvalue weighted by atomic mass is 10.1. The molecule has 0 saturated carbocycles. The summed E-state index contributed by atoms with van der Waals surface area (Å²) in [5, 5.41) is 0. The summed E-state index contributed by atoms with van der Waals surface area (Å²) in [7, 11) is 0. The van der Waals surface area contributed by atoms with Gasteiger partial charge in [0.2, 0.25) is 0 Å². The first kappa shape index (κ1) is 12.4. The van der Waals surface area contributed by atoms with Crippen LogP contribution in [0.3, 0.4) is 0 Å². The summed E-state index contributed by atoms with van der Waals surface area (Å²) in [6.45, 7) is 1.73. The van der Waals surface area contributed by atoms with Crippen molar-refractivity contribution >= 4 is 44.8 Å². The quantitative estimate of drug-likeness (QED) is 0.779. The summed E-state index contributed by atoms with van der Waals surface area (Å²) in [6.07, 6.45) is 2.10. The Balaban J connectivity index is 1.97. The molecule has 0 aromatic carbocycles. The lowest BCUT2D eigenvalue weighted by Crippen LogP contribution is -2.28. The van der Waals surface area contributed by atoms with E-state index >= 15 is 0 Å². The zero-order chi connectivity index (χ0) is 11.5. The highest BCUT2D eigenvalue weighted by atomic mass is 79.9. The van der Waals surface area contributed by atoms with Gasteiger partial charge in [-0.1, -0.05) is 0 Å². The average Bonchev–Trinajstić information content (AvgIpc) is 2.87. The fourth-order valence-electron chi connectivity index (χ4n) is 1.99. The molecule has 1 atom stereocenters. The zero-order valence-electron chi connectivity index (χ0n) is 8.79. The lowest BCUT2D eigenvalue weighted by molar-refractivity contribution is 0.0791. The van der Waals surface area contributed by atoms with Crippen molar-refractivity contribution in [2.24, 2.45) is 5.92 Å². The van der Waals surface area contributed by atoms with Gasteiger partial charge in [0.15, 0.2) is 0 Å². The van der Waals surface area contributed by atoms with Crippen molar-refractivity contribution in [1.29, 1.82) is 0 Å². The summed E-state index contributed by atoms with van der Waals surface area (Å²) >= 11 is 10.6. The smallest absolute Gasteiger partial charge is 0.263 e. The maximum absolute atomic E-state index is 12.1. The predicted molar refractivity (Wildman–Crippen MR) is 71.4 cm³/mol. The van der Waals surface area contributed by atoms with Crippen molar-refractivity contribution in [2.75, 3.05) is 19.0 Å². The number of carbonyl (C=O) groups is 1. The van der Waals surface area contributed by atoms with Crippen LogP contribution in [0.2, 0.25) is 0 Å². The highest BCUT2D eigenvalue weighted by molar-refractivity contribution is 9.11. The number of hydrogen-bond donors (Lipinski definition) is 0. The van der Waals surface area contributed by atoms with Crippen LogP contribution in [-0.4, -0.2) is 29.8 Å². The Bertz CT molecular complexity index is 382. The van der Waals surface area contributed by atoms with E-state index in [2.05, 4.69) is 15.9 Å². The van der Waals surface area contributed by atoms with Gasteiger partial charge in [-0.2, -0.15) is 0 Å². The van der Waals surface area contributed by atoms with Crippen LogP contribution in [0.1, 0.15) is 22.5 Å². The minimum absolute atomic E-state index is 0.160. The van der Waals surface area contributed by atoms with E-state index in [-0.39, 0.29) is 5.91 Å². The first-order valence-corrected chi connectivity index (χ1v) is 7.45. The number of likely N-dealkylation sites (tertiary alicyclic amines) is 1. The minimum atomic E-state index is 0.160. The first-order chi connectivity index (χ1) is 7.70. The van der Waals surface area contributed by atoms with E-state index < -0.39 is 0 Å². The lowest BCUT2D eigenvalue weighted by Gasteiger charge is -2.15. The summed E-state index contributed by atoms with van der Waals surface area (Å²) in [4.78, 5) is 14.9. The van der Waals surface area contributed by atoms with E-state index in [0.29, 0.717) is 11.8 Å². The molecule has 0 N–H and O–H groups in total. The Kier molecular flexibility index (Phi) is 4.27. The normalized spacial score (nSPS) is 20.4. The van der Waals surface area contributed by atoms with E-state index in [4.69, 9.17) is 11.6 Å². The van der Waals surface area contributed by atoms with E-state index in [1.807, 2.05) is 17.0 Å². The molecule has 0 aliphatic carbocycles. The maximum Gasteiger partial charge on any atom is 0.263 e. The van der Waals surface area contributed by atoms with Gasteiger partial charge in [-0.05, 0) is 46.8 Å². The van der Waals surface area contributed by atoms with Crippen LogP contribution in [-0.2, 0) is 0 Å². The molecule has 1 saturated heterocycles. The van der Waals surface area contributed by atoms with Gasteiger partial charge >= 0.3 is 0 Å². The number of rotatable bonds is 3.